The molecule has 0 spiro atoms. The fourth-order valence-corrected chi connectivity index (χ4v) is 2.87. The van der Waals surface area contributed by atoms with Crippen LogP contribution in [0.15, 0.2) is 77.9 Å². The Morgan fingerprint density at radius 2 is 1.69 bits per heavy atom. The molecular formula is C24H18N4O7. The maximum atomic E-state index is 12.3. The first-order valence-corrected chi connectivity index (χ1v) is 10.1. The van der Waals surface area contributed by atoms with E-state index in [1.54, 1.807) is 24.3 Å². The molecule has 3 rings (SSSR count). The van der Waals surface area contributed by atoms with Gasteiger partial charge in [0, 0.05) is 35.4 Å². The monoisotopic (exact) mass is 474 g/mol. The first-order valence-electron chi connectivity index (χ1n) is 10.1. The van der Waals surface area contributed by atoms with E-state index < -0.39 is 27.4 Å². The van der Waals surface area contributed by atoms with Crippen molar-refractivity contribution in [2.24, 2.45) is 5.10 Å². The van der Waals surface area contributed by atoms with Crippen LogP contribution in [0.1, 0.15) is 27.0 Å². The molecule has 0 aliphatic carbocycles. The highest BCUT2D eigenvalue weighted by Crippen LogP contribution is 2.30. The van der Waals surface area contributed by atoms with Crippen LogP contribution in [0, 0.1) is 27.2 Å². The molecule has 0 bridgehead atoms. The summed E-state index contributed by atoms with van der Waals surface area (Å²) < 4.78 is 5.19. The third kappa shape index (κ3) is 6.65. The van der Waals surface area contributed by atoms with Crippen LogP contribution in [0.2, 0.25) is 0 Å². The molecule has 0 heterocycles. The number of rotatable bonds is 8. The minimum Gasteiger partial charge on any atom is -0.415 e. The third-order valence-corrected chi connectivity index (χ3v) is 4.60. The van der Waals surface area contributed by atoms with Crippen molar-refractivity contribution in [2.45, 2.75) is 6.92 Å². The average Bonchev–Trinajstić information content (AvgIpc) is 2.84. The number of nitrogens with zero attached hydrogens (tertiary/aromatic N) is 3. The van der Waals surface area contributed by atoms with Gasteiger partial charge < -0.3 is 4.74 Å². The van der Waals surface area contributed by atoms with Gasteiger partial charge in [-0.15, -0.1) is 0 Å². The van der Waals surface area contributed by atoms with E-state index in [2.05, 4.69) is 10.5 Å². The summed E-state index contributed by atoms with van der Waals surface area (Å²) in [6, 6.07) is 16.2. The minimum atomic E-state index is -0.954. The van der Waals surface area contributed by atoms with Gasteiger partial charge in [-0.1, -0.05) is 35.9 Å². The van der Waals surface area contributed by atoms with E-state index in [1.807, 2.05) is 6.92 Å². The highest BCUT2D eigenvalue weighted by atomic mass is 16.6. The van der Waals surface area contributed by atoms with Gasteiger partial charge in [-0.05, 0) is 36.8 Å². The number of carbonyl (C=O) groups excluding carboxylic acids is 2. The molecule has 0 atom stereocenters. The van der Waals surface area contributed by atoms with E-state index in [-0.39, 0.29) is 17.0 Å². The Balaban J connectivity index is 1.78. The van der Waals surface area contributed by atoms with Crippen molar-refractivity contribution in [3.05, 3.63) is 115 Å². The van der Waals surface area contributed by atoms with Gasteiger partial charge in [0.25, 0.3) is 11.6 Å². The molecule has 11 heteroatoms. The number of esters is 1. The number of hydrogen-bond donors (Lipinski definition) is 1. The molecule has 0 fully saturated rings. The number of carbonyl (C=O) groups is 2. The second kappa shape index (κ2) is 11.1. The molecule has 0 saturated heterocycles. The molecule has 0 saturated carbocycles. The van der Waals surface area contributed by atoms with Crippen molar-refractivity contribution in [1.82, 2.24) is 5.43 Å². The zero-order valence-electron chi connectivity index (χ0n) is 18.3. The van der Waals surface area contributed by atoms with E-state index in [4.69, 9.17) is 4.74 Å². The Morgan fingerprint density at radius 1 is 0.971 bits per heavy atom. The number of benzene rings is 3. The molecule has 0 unspecified atom stereocenters. The lowest BCUT2D eigenvalue weighted by atomic mass is 10.1. The van der Waals surface area contributed by atoms with E-state index in [0.717, 1.165) is 23.9 Å². The first kappa shape index (κ1) is 24.5. The summed E-state index contributed by atoms with van der Waals surface area (Å²) in [6.07, 6.45) is 3.38. The second-order valence-corrected chi connectivity index (χ2v) is 7.12. The standard InChI is InChI=1S/C24H18N4O7/c1-16-8-11-18(12-9-16)24(30)26-25-15-19-5-3-7-21(28(33)34)23(19)35-22(29)13-10-17-4-2-6-20(14-17)27(31)32/h2-15H,1H3,(H,26,30)/b13-10+,25-15+. The fourth-order valence-electron chi connectivity index (χ4n) is 2.87. The zero-order chi connectivity index (χ0) is 25.4. The topological polar surface area (TPSA) is 154 Å². The molecule has 3 aromatic carbocycles. The summed E-state index contributed by atoms with van der Waals surface area (Å²) in [5, 5.41) is 26.1. The van der Waals surface area contributed by atoms with Crippen molar-refractivity contribution in [3.63, 3.8) is 0 Å². The highest BCUT2D eigenvalue weighted by Gasteiger charge is 2.20. The number of hydrogen-bond acceptors (Lipinski definition) is 8. The van der Waals surface area contributed by atoms with Crippen LogP contribution < -0.4 is 10.2 Å². The Morgan fingerprint density at radius 3 is 2.37 bits per heavy atom. The smallest absolute Gasteiger partial charge is 0.336 e. The number of amides is 1. The number of nitro benzene ring substituents is 2. The lowest BCUT2D eigenvalue weighted by Gasteiger charge is -2.06. The van der Waals surface area contributed by atoms with Gasteiger partial charge >= 0.3 is 11.7 Å². The molecule has 11 nitrogen and oxygen atoms in total. The Bertz CT molecular complexity index is 1350. The van der Waals surface area contributed by atoms with Crippen molar-refractivity contribution < 1.29 is 24.2 Å². The van der Waals surface area contributed by atoms with E-state index >= 15 is 0 Å². The number of aryl methyl sites for hydroxylation is 1. The lowest BCUT2D eigenvalue weighted by Crippen LogP contribution is -2.17. The quantitative estimate of drug-likeness (QED) is 0.128. The van der Waals surface area contributed by atoms with Crippen LogP contribution in [0.25, 0.3) is 6.08 Å². The number of hydrazone groups is 1. The van der Waals surface area contributed by atoms with Crippen LogP contribution in [0.4, 0.5) is 11.4 Å². The maximum absolute atomic E-state index is 12.3. The van der Waals surface area contributed by atoms with Gasteiger partial charge in [-0.25, -0.2) is 10.2 Å². The number of ether oxygens (including phenoxy) is 1. The largest absolute Gasteiger partial charge is 0.415 e. The van der Waals surface area contributed by atoms with Gasteiger partial charge in [-0.2, -0.15) is 5.10 Å². The predicted molar refractivity (Wildman–Crippen MR) is 127 cm³/mol. The van der Waals surface area contributed by atoms with Gasteiger partial charge in [0.05, 0.1) is 16.1 Å². The molecule has 1 N–H and O–H groups in total. The molecule has 3 aromatic rings. The average molecular weight is 474 g/mol. The van der Waals surface area contributed by atoms with Gasteiger partial charge in [-0.3, -0.25) is 25.0 Å². The van der Waals surface area contributed by atoms with Crippen LogP contribution in [-0.2, 0) is 4.79 Å². The Labute approximate surface area is 198 Å². The number of para-hydroxylation sites is 1. The van der Waals surface area contributed by atoms with Gasteiger partial charge in [0.15, 0.2) is 0 Å². The van der Waals surface area contributed by atoms with E-state index in [9.17, 15) is 29.8 Å². The van der Waals surface area contributed by atoms with E-state index in [0.29, 0.717) is 11.1 Å². The van der Waals surface area contributed by atoms with Crippen molar-refractivity contribution in [3.8, 4) is 5.75 Å². The summed E-state index contributed by atoms with van der Waals surface area (Å²) in [6.45, 7) is 1.88. The van der Waals surface area contributed by atoms with Gasteiger partial charge in [0.2, 0.25) is 5.75 Å². The van der Waals surface area contributed by atoms with E-state index in [1.165, 1.54) is 42.5 Å². The molecule has 0 aromatic heterocycles. The molecule has 0 radical (unpaired) electrons. The van der Waals surface area contributed by atoms with Crippen LogP contribution >= 0.6 is 0 Å². The molecule has 176 valence electrons. The Hall–Kier alpha value is -5.19. The predicted octanol–water partition coefficient (Wildman–Crippen LogP) is 4.19. The fraction of sp³-hybridized carbons (Fsp3) is 0.0417. The first-order chi connectivity index (χ1) is 16.7. The molecule has 1 amide bonds. The number of nitro groups is 2. The molecule has 0 aliphatic rings. The van der Waals surface area contributed by atoms with Crippen LogP contribution in [-0.4, -0.2) is 27.9 Å². The lowest BCUT2D eigenvalue weighted by molar-refractivity contribution is -0.385. The zero-order valence-corrected chi connectivity index (χ0v) is 18.3. The van der Waals surface area contributed by atoms with Crippen molar-refractivity contribution >= 4 is 35.5 Å². The van der Waals surface area contributed by atoms with Crippen molar-refractivity contribution in [1.29, 1.82) is 0 Å². The maximum Gasteiger partial charge on any atom is 0.336 e. The van der Waals surface area contributed by atoms with Crippen molar-refractivity contribution in [2.75, 3.05) is 0 Å². The molecular weight excluding hydrogens is 456 g/mol. The molecule has 35 heavy (non-hydrogen) atoms. The number of non-ortho nitro benzene ring substituents is 1. The molecule has 0 aliphatic heterocycles. The van der Waals surface area contributed by atoms with Gasteiger partial charge in [0.1, 0.15) is 0 Å². The normalized spacial score (nSPS) is 10.9. The summed E-state index contributed by atoms with van der Waals surface area (Å²) >= 11 is 0. The SMILES string of the molecule is Cc1ccc(C(=O)N/N=C/c2cccc([N+](=O)[O-])c2OC(=O)/C=C/c2cccc([N+](=O)[O-])c2)cc1. The summed E-state index contributed by atoms with van der Waals surface area (Å²) in [5.74, 6) is -1.83. The van der Waals surface area contributed by atoms with Crippen LogP contribution in [0.3, 0.4) is 0 Å². The van der Waals surface area contributed by atoms with Crippen LogP contribution in [0.5, 0.6) is 5.75 Å². The minimum absolute atomic E-state index is 0.0699. The number of nitrogens with one attached hydrogen (secondary N) is 1. The Kier molecular flexibility index (Phi) is 7.75. The summed E-state index contributed by atoms with van der Waals surface area (Å²) in [4.78, 5) is 45.6. The summed E-state index contributed by atoms with van der Waals surface area (Å²) in [7, 11) is 0. The third-order valence-electron chi connectivity index (χ3n) is 4.60. The highest BCUT2D eigenvalue weighted by molar-refractivity contribution is 5.96. The summed E-state index contributed by atoms with van der Waals surface area (Å²) in [5.41, 5.74) is 3.43. The second-order valence-electron chi connectivity index (χ2n) is 7.12.